The monoisotopic (exact) mass is 373 g/mol. The van der Waals surface area contributed by atoms with Crippen LogP contribution in [0.15, 0.2) is 0 Å². The molecule has 4 nitrogen and oxygen atoms in total. The van der Waals surface area contributed by atoms with Gasteiger partial charge in [-0.2, -0.15) is 0 Å². The van der Waals surface area contributed by atoms with Crippen molar-refractivity contribution < 1.29 is 14.3 Å². The second-order valence-corrected chi connectivity index (χ2v) is 10.3. The highest BCUT2D eigenvalue weighted by atomic mass is 16.5. The molecule has 4 heteroatoms. The Labute approximate surface area is 163 Å². The number of hydrogen-bond donors (Lipinski definition) is 1. The van der Waals surface area contributed by atoms with Crippen LogP contribution >= 0.6 is 0 Å². The van der Waals surface area contributed by atoms with Crippen molar-refractivity contribution in [2.24, 2.45) is 21.7 Å². The molecule has 0 aliphatic heterocycles. The van der Waals surface area contributed by atoms with Crippen LogP contribution in [0.2, 0.25) is 0 Å². The first-order valence-electron chi connectivity index (χ1n) is 9.21. The maximum Gasteiger partial charge on any atom is 0.406 e. The van der Waals surface area contributed by atoms with E-state index in [1.54, 1.807) is 14.0 Å². The summed E-state index contributed by atoms with van der Waals surface area (Å²) in [6, 6.07) is 0. The summed E-state index contributed by atoms with van der Waals surface area (Å²) in [6.45, 7) is 24.0. The molecule has 0 bridgehead atoms. The molecule has 0 fully saturated rings. The lowest BCUT2D eigenvalue weighted by Gasteiger charge is -2.38. The fraction of sp³-hybridized carbons (Fsp3) is 0.909. The number of Topliss-reactive ketones (excluding diaryl/α,β-unsaturated/α-hetero) is 1. The molecule has 0 aromatic heterocycles. The number of hydrogen-bond acceptors (Lipinski definition) is 3. The zero-order valence-electron chi connectivity index (χ0n) is 18.8. The average molecular weight is 374 g/mol. The van der Waals surface area contributed by atoms with E-state index in [4.69, 9.17) is 4.74 Å². The molecule has 158 valence electrons. The van der Waals surface area contributed by atoms with Gasteiger partial charge in [0.05, 0.1) is 6.61 Å². The van der Waals surface area contributed by atoms with E-state index in [1.165, 1.54) is 0 Å². The number of rotatable bonds is 5. The van der Waals surface area contributed by atoms with Crippen LogP contribution in [-0.2, 0) is 9.53 Å². The second-order valence-electron chi connectivity index (χ2n) is 10.3. The molecule has 0 radical (unpaired) electrons. The Balaban J connectivity index is -0.000000402. The zero-order valence-corrected chi connectivity index (χ0v) is 18.8. The van der Waals surface area contributed by atoms with Crippen LogP contribution in [0.5, 0.6) is 0 Å². The standard InChI is InChI=1S/C11H23NO2.C10H20O.CH4/c1-10(2,3)11(4,5)7-8-14-9(13)12-6;1-8(11)7-10(5,6)9(2,3)4;/h7-8H2,1-6H3,(H,12,13);7H2,1-6H3;1H4. The van der Waals surface area contributed by atoms with Gasteiger partial charge >= 0.3 is 6.09 Å². The highest BCUT2D eigenvalue weighted by molar-refractivity contribution is 5.76. The van der Waals surface area contributed by atoms with Crippen molar-refractivity contribution >= 4 is 11.9 Å². The lowest BCUT2D eigenvalue weighted by Crippen LogP contribution is -2.32. The largest absolute Gasteiger partial charge is 0.450 e. The molecule has 0 atom stereocenters. The number of ether oxygens (including phenoxy) is 1. The molecule has 0 aromatic rings. The van der Waals surface area contributed by atoms with Gasteiger partial charge in [-0.1, -0.05) is 76.7 Å². The van der Waals surface area contributed by atoms with Crippen LogP contribution in [0, 0.1) is 21.7 Å². The van der Waals surface area contributed by atoms with Gasteiger partial charge in [-0.15, -0.1) is 0 Å². The minimum absolute atomic E-state index is 0. The van der Waals surface area contributed by atoms with Crippen molar-refractivity contribution in [3.63, 3.8) is 0 Å². The Morgan fingerprint density at radius 1 is 0.808 bits per heavy atom. The predicted octanol–water partition coefficient (Wildman–Crippen LogP) is 6.48. The van der Waals surface area contributed by atoms with E-state index in [-0.39, 0.29) is 41.0 Å². The highest BCUT2D eigenvalue weighted by Gasteiger charge is 2.33. The van der Waals surface area contributed by atoms with Crippen LogP contribution < -0.4 is 5.32 Å². The summed E-state index contributed by atoms with van der Waals surface area (Å²) in [6.07, 6.45) is 1.20. The first kappa shape index (κ1) is 29.7. The third kappa shape index (κ3) is 11.5. The number of ketones is 1. The van der Waals surface area contributed by atoms with Crippen molar-refractivity contribution in [3.05, 3.63) is 0 Å². The van der Waals surface area contributed by atoms with Crippen molar-refractivity contribution in [1.29, 1.82) is 0 Å². The molecule has 0 spiro atoms. The summed E-state index contributed by atoms with van der Waals surface area (Å²) in [5.41, 5.74) is 0.706. The van der Waals surface area contributed by atoms with Gasteiger partial charge in [-0.25, -0.2) is 4.79 Å². The van der Waals surface area contributed by atoms with Crippen molar-refractivity contribution in [3.8, 4) is 0 Å². The van der Waals surface area contributed by atoms with Crippen LogP contribution in [0.1, 0.15) is 96.4 Å². The molecule has 0 aliphatic carbocycles. The minimum atomic E-state index is -0.352. The summed E-state index contributed by atoms with van der Waals surface area (Å²) >= 11 is 0. The number of carbonyl (C=O) groups excluding carboxylic acids is 2. The van der Waals surface area contributed by atoms with E-state index < -0.39 is 0 Å². The third-order valence-corrected chi connectivity index (χ3v) is 5.92. The van der Waals surface area contributed by atoms with Gasteiger partial charge < -0.3 is 14.8 Å². The molecule has 0 saturated carbocycles. The fourth-order valence-corrected chi connectivity index (χ4v) is 1.73. The Morgan fingerprint density at radius 2 is 1.19 bits per heavy atom. The van der Waals surface area contributed by atoms with Crippen molar-refractivity contribution in [2.45, 2.75) is 96.4 Å². The van der Waals surface area contributed by atoms with Gasteiger partial charge in [0.1, 0.15) is 5.78 Å². The van der Waals surface area contributed by atoms with E-state index in [1.807, 2.05) is 0 Å². The van der Waals surface area contributed by atoms with E-state index >= 15 is 0 Å². The normalized spacial score (nSPS) is 12.3. The van der Waals surface area contributed by atoms with Gasteiger partial charge in [0, 0.05) is 13.5 Å². The summed E-state index contributed by atoms with van der Waals surface area (Å²) in [5, 5.41) is 2.43. The zero-order chi connectivity index (χ0) is 20.7. The first-order valence-corrected chi connectivity index (χ1v) is 9.21. The summed E-state index contributed by atoms with van der Waals surface area (Å²) in [4.78, 5) is 21.7. The number of nitrogens with one attached hydrogen (secondary N) is 1. The molecule has 1 amide bonds. The number of alkyl carbamates (subject to hydrolysis) is 1. The van der Waals surface area contributed by atoms with Crippen LogP contribution in [0.25, 0.3) is 0 Å². The molecular formula is C22H47NO3. The summed E-state index contributed by atoms with van der Waals surface area (Å²) in [5.74, 6) is 0.282. The number of amides is 1. The highest BCUT2D eigenvalue weighted by Crippen LogP contribution is 2.41. The van der Waals surface area contributed by atoms with E-state index in [0.717, 1.165) is 6.42 Å². The summed E-state index contributed by atoms with van der Waals surface area (Å²) < 4.78 is 4.97. The number of carbonyl (C=O) groups is 2. The molecule has 0 unspecified atom stereocenters. The van der Waals surface area contributed by atoms with Crippen molar-refractivity contribution in [1.82, 2.24) is 5.32 Å². The quantitative estimate of drug-likeness (QED) is 0.600. The van der Waals surface area contributed by atoms with E-state index in [9.17, 15) is 9.59 Å². The van der Waals surface area contributed by atoms with Crippen molar-refractivity contribution in [2.75, 3.05) is 13.7 Å². The second kappa shape index (κ2) is 10.9. The maximum absolute atomic E-state index is 10.9. The summed E-state index contributed by atoms with van der Waals surface area (Å²) in [7, 11) is 1.57. The fourth-order valence-electron chi connectivity index (χ4n) is 1.73. The van der Waals surface area contributed by atoms with Gasteiger partial charge in [0.15, 0.2) is 0 Å². The Bertz CT molecular complexity index is 424. The molecule has 26 heavy (non-hydrogen) atoms. The van der Waals surface area contributed by atoms with Crippen LogP contribution in [0.3, 0.4) is 0 Å². The van der Waals surface area contributed by atoms with Crippen LogP contribution in [-0.4, -0.2) is 25.5 Å². The average Bonchev–Trinajstić information content (AvgIpc) is 2.34. The molecule has 0 aliphatic rings. The van der Waals surface area contributed by atoms with Gasteiger partial charge in [-0.3, -0.25) is 0 Å². The van der Waals surface area contributed by atoms with Gasteiger partial charge in [0.25, 0.3) is 0 Å². The van der Waals surface area contributed by atoms with Gasteiger partial charge in [-0.05, 0) is 35.0 Å². The topological polar surface area (TPSA) is 55.4 Å². The molecule has 0 heterocycles. The lowest BCUT2D eigenvalue weighted by molar-refractivity contribution is -0.120. The molecule has 0 aromatic carbocycles. The maximum atomic E-state index is 10.9. The van der Waals surface area contributed by atoms with E-state index in [0.29, 0.717) is 13.0 Å². The lowest BCUT2D eigenvalue weighted by atomic mass is 9.67. The third-order valence-electron chi connectivity index (χ3n) is 5.92. The predicted molar refractivity (Wildman–Crippen MR) is 114 cm³/mol. The Hall–Kier alpha value is -1.06. The Morgan fingerprint density at radius 3 is 1.42 bits per heavy atom. The minimum Gasteiger partial charge on any atom is -0.450 e. The molecule has 0 saturated heterocycles. The molecule has 0 rings (SSSR count). The molecule has 1 N–H and O–H groups in total. The SMILES string of the molecule is C.CC(=O)CC(C)(C)C(C)(C)C.CNC(=O)OCCC(C)(C)C(C)(C)C. The first-order chi connectivity index (χ1) is 10.9. The Kier molecular flexibility index (Phi) is 12.5. The van der Waals surface area contributed by atoms with E-state index in [2.05, 4.69) is 74.6 Å². The van der Waals surface area contributed by atoms with Gasteiger partial charge in [0.2, 0.25) is 0 Å². The van der Waals surface area contributed by atoms with Crippen LogP contribution in [0.4, 0.5) is 4.79 Å². The molecular weight excluding hydrogens is 326 g/mol. The smallest absolute Gasteiger partial charge is 0.406 e.